The third-order valence-electron chi connectivity index (χ3n) is 1.94. The molecule has 2 atom stereocenters. The Balaban J connectivity index is 2.28. The summed E-state index contributed by atoms with van der Waals surface area (Å²) in [7, 11) is 0. The van der Waals surface area contributed by atoms with E-state index in [9.17, 15) is 8.76 Å². The standard InChI is InChI=1S/C9H8O3S/c10-13(11)12-9-6-5-7-3-1-2-4-8(7)9/h1-6,9H,(H,10,11)/p-1. The molecule has 0 saturated carbocycles. The Morgan fingerprint density at radius 1 is 1.38 bits per heavy atom. The summed E-state index contributed by atoms with van der Waals surface area (Å²) in [5.74, 6) is 0. The van der Waals surface area contributed by atoms with E-state index in [2.05, 4.69) is 4.18 Å². The van der Waals surface area contributed by atoms with Crippen LogP contribution in [-0.2, 0) is 15.5 Å². The van der Waals surface area contributed by atoms with Crippen molar-refractivity contribution in [3.8, 4) is 0 Å². The number of rotatable bonds is 2. The third kappa shape index (κ3) is 1.70. The minimum Gasteiger partial charge on any atom is -0.750 e. The molecule has 0 radical (unpaired) electrons. The van der Waals surface area contributed by atoms with Gasteiger partial charge in [-0.25, -0.2) is 4.21 Å². The van der Waals surface area contributed by atoms with Crippen LogP contribution in [0.15, 0.2) is 30.3 Å². The van der Waals surface area contributed by atoms with Crippen molar-refractivity contribution < 1.29 is 12.9 Å². The Kier molecular flexibility index (Phi) is 2.26. The second kappa shape index (κ2) is 3.41. The molecule has 0 aliphatic heterocycles. The molecule has 68 valence electrons. The summed E-state index contributed by atoms with van der Waals surface area (Å²) >= 11 is -2.46. The van der Waals surface area contributed by atoms with Gasteiger partial charge in [0.2, 0.25) is 0 Å². The van der Waals surface area contributed by atoms with Gasteiger partial charge in [-0.1, -0.05) is 30.3 Å². The van der Waals surface area contributed by atoms with Gasteiger partial charge in [0.25, 0.3) is 0 Å². The Bertz CT molecular complexity index is 373. The van der Waals surface area contributed by atoms with E-state index >= 15 is 0 Å². The molecular weight excluding hydrogens is 188 g/mol. The van der Waals surface area contributed by atoms with Crippen LogP contribution in [0.3, 0.4) is 0 Å². The van der Waals surface area contributed by atoms with Crippen molar-refractivity contribution >= 4 is 17.4 Å². The van der Waals surface area contributed by atoms with Gasteiger partial charge < -0.3 is 4.55 Å². The maximum Gasteiger partial charge on any atom is 0.118 e. The minimum atomic E-state index is -2.46. The number of fused-ring (bicyclic) bond motifs is 1. The lowest BCUT2D eigenvalue weighted by Gasteiger charge is -2.12. The first-order valence-electron chi connectivity index (χ1n) is 3.81. The van der Waals surface area contributed by atoms with Crippen molar-refractivity contribution in [2.45, 2.75) is 6.10 Å². The van der Waals surface area contributed by atoms with E-state index in [1.807, 2.05) is 30.3 Å². The van der Waals surface area contributed by atoms with Gasteiger partial charge in [0, 0.05) is 0 Å². The van der Waals surface area contributed by atoms with E-state index in [-0.39, 0.29) is 0 Å². The minimum absolute atomic E-state index is 0.450. The average molecular weight is 195 g/mol. The molecule has 3 nitrogen and oxygen atoms in total. The average Bonchev–Trinajstić information content (AvgIpc) is 2.48. The van der Waals surface area contributed by atoms with Gasteiger partial charge in [-0.3, -0.25) is 4.18 Å². The van der Waals surface area contributed by atoms with Crippen LogP contribution in [0.4, 0.5) is 0 Å². The van der Waals surface area contributed by atoms with Crippen LogP contribution in [0, 0.1) is 0 Å². The summed E-state index contributed by atoms with van der Waals surface area (Å²) in [5, 5.41) is 0. The van der Waals surface area contributed by atoms with Gasteiger partial charge in [0.05, 0.1) is 11.4 Å². The Morgan fingerprint density at radius 3 is 2.92 bits per heavy atom. The molecule has 13 heavy (non-hydrogen) atoms. The maximum atomic E-state index is 10.3. The Morgan fingerprint density at radius 2 is 2.15 bits per heavy atom. The highest BCUT2D eigenvalue weighted by Crippen LogP contribution is 2.30. The van der Waals surface area contributed by atoms with Crippen LogP contribution < -0.4 is 0 Å². The maximum absolute atomic E-state index is 10.3. The van der Waals surface area contributed by atoms with E-state index in [1.165, 1.54) is 0 Å². The van der Waals surface area contributed by atoms with Crippen LogP contribution >= 0.6 is 0 Å². The van der Waals surface area contributed by atoms with E-state index < -0.39 is 17.5 Å². The summed E-state index contributed by atoms with van der Waals surface area (Å²) in [6, 6.07) is 7.53. The number of hydrogen-bond acceptors (Lipinski definition) is 3. The first kappa shape index (κ1) is 8.62. The monoisotopic (exact) mass is 195 g/mol. The highest BCUT2D eigenvalue weighted by molar-refractivity contribution is 7.74. The highest BCUT2D eigenvalue weighted by Gasteiger charge is 2.17. The Labute approximate surface area is 78.5 Å². The molecule has 0 aromatic heterocycles. The SMILES string of the molecule is O=S([O-])OC1C=Cc2ccccc21. The van der Waals surface area contributed by atoms with E-state index in [4.69, 9.17) is 0 Å². The molecule has 0 heterocycles. The molecule has 2 rings (SSSR count). The molecule has 0 spiro atoms. The first-order chi connectivity index (χ1) is 6.27. The van der Waals surface area contributed by atoms with Gasteiger partial charge in [0.1, 0.15) is 6.10 Å². The quantitative estimate of drug-likeness (QED) is 0.673. The number of benzene rings is 1. The largest absolute Gasteiger partial charge is 0.750 e. The lowest BCUT2D eigenvalue weighted by atomic mass is 10.1. The van der Waals surface area contributed by atoms with Crippen LogP contribution in [-0.4, -0.2) is 8.76 Å². The summed E-state index contributed by atoms with van der Waals surface area (Å²) in [4.78, 5) is 0. The second-order valence-corrected chi connectivity index (χ2v) is 3.31. The summed E-state index contributed by atoms with van der Waals surface area (Å²) in [5.41, 5.74) is 1.91. The second-order valence-electron chi connectivity index (χ2n) is 2.71. The molecule has 0 fully saturated rings. The molecule has 0 saturated heterocycles. The molecule has 2 unspecified atom stereocenters. The van der Waals surface area contributed by atoms with Gasteiger partial charge in [-0.2, -0.15) is 0 Å². The van der Waals surface area contributed by atoms with E-state index in [1.54, 1.807) is 6.08 Å². The van der Waals surface area contributed by atoms with E-state index in [0.29, 0.717) is 0 Å². The van der Waals surface area contributed by atoms with E-state index in [0.717, 1.165) is 11.1 Å². The van der Waals surface area contributed by atoms with Crippen molar-refractivity contribution in [2.24, 2.45) is 0 Å². The molecule has 0 amide bonds. The molecule has 4 heteroatoms. The van der Waals surface area contributed by atoms with Crippen LogP contribution in [0.5, 0.6) is 0 Å². The van der Waals surface area contributed by atoms with Crippen molar-refractivity contribution in [3.05, 3.63) is 41.5 Å². The molecular formula is C9H7O3S-. The summed E-state index contributed by atoms with van der Waals surface area (Å²) < 4.78 is 25.3. The zero-order chi connectivity index (χ0) is 9.26. The van der Waals surface area contributed by atoms with Crippen molar-refractivity contribution in [3.63, 3.8) is 0 Å². The summed E-state index contributed by atoms with van der Waals surface area (Å²) in [6.07, 6.45) is 3.13. The van der Waals surface area contributed by atoms with Crippen molar-refractivity contribution in [2.75, 3.05) is 0 Å². The third-order valence-corrected chi connectivity index (χ3v) is 2.30. The smallest absolute Gasteiger partial charge is 0.118 e. The van der Waals surface area contributed by atoms with Gasteiger partial charge >= 0.3 is 0 Å². The van der Waals surface area contributed by atoms with Crippen molar-refractivity contribution in [1.29, 1.82) is 0 Å². The molecule has 0 N–H and O–H groups in total. The first-order valence-corrected chi connectivity index (χ1v) is 4.81. The lowest BCUT2D eigenvalue weighted by Crippen LogP contribution is -2.01. The fraction of sp³-hybridized carbons (Fsp3) is 0.111. The molecule has 1 aromatic rings. The lowest BCUT2D eigenvalue weighted by molar-refractivity contribution is 0.251. The fourth-order valence-electron chi connectivity index (χ4n) is 1.39. The summed E-state index contributed by atoms with van der Waals surface area (Å²) in [6.45, 7) is 0. The number of hydrogen-bond donors (Lipinski definition) is 0. The predicted molar refractivity (Wildman–Crippen MR) is 48.2 cm³/mol. The normalized spacial score (nSPS) is 21.5. The van der Waals surface area contributed by atoms with Crippen molar-refractivity contribution in [1.82, 2.24) is 0 Å². The molecule has 1 aliphatic carbocycles. The van der Waals surface area contributed by atoms with Crippen LogP contribution in [0.1, 0.15) is 17.2 Å². The zero-order valence-electron chi connectivity index (χ0n) is 6.67. The zero-order valence-corrected chi connectivity index (χ0v) is 7.49. The molecule has 1 aromatic carbocycles. The van der Waals surface area contributed by atoms with Gasteiger partial charge in [-0.15, -0.1) is 0 Å². The predicted octanol–water partition coefficient (Wildman–Crippen LogP) is 1.57. The fourth-order valence-corrected chi connectivity index (χ4v) is 1.72. The van der Waals surface area contributed by atoms with Gasteiger partial charge in [0.15, 0.2) is 0 Å². The van der Waals surface area contributed by atoms with Crippen LogP contribution in [0.25, 0.3) is 6.08 Å². The highest BCUT2D eigenvalue weighted by atomic mass is 32.2. The molecule has 0 bridgehead atoms. The van der Waals surface area contributed by atoms with Gasteiger partial charge in [-0.05, 0) is 17.2 Å². The van der Waals surface area contributed by atoms with Crippen LogP contribution in [0.2, 0.25) is 0 Å². The topological polar surface area (TPSA) is 49.4 Å². The Hall–Kier alpha value is -0.970. The molecule has 1 aliphatic rings.